The van der Waals surface area contributed by atoms with Crippen LogP contribution in [0.2, 0.25) is 5.02 Å². The highest BCUT2D eigenvalue weighted by atomic mass is 79.9. The molecule has 3 nitrogen and oxygen atoms in total. The molecule has 104 valence electrons. The topological polar surface area (TPSA) is 49.3 Å². The molecule has 0 saturated carbocycles. The third-order valence-electron chi connectivity index (χ3n) is 2.81. The SMILES string of the molecule is O=C(NCC(Br)c1ccccc1)c1ccc(O)c(Cl)c1. The summed E-state index contributed by atoms with van der Waals surface area (Å²) in [4.78, 5) is 12.0. The number of benzene rings is 2. The van der Waals surface area contributed by atoms with E-state index in [0.29, 0.717) is 12.1 Å². The van der Waals surface area contributed by atoms with Gasteiger partial charge in [0.05, 0.1) is 9.85 Å². The summed E-state index contributed by atoms with van der Waals surface area (Å²) in [5, 5.41) is 12.3. The molecule has 2 rings (SSSR count). The second-order valence-corrected chi connectivity index (χ2v) is 5.77. The molecule has 0 heterocycles. The molecule has 0 fully saturated rings. The minimum atomic E-state index is -0.229. The maximum Gasteiger partial charge on any atom is 0.251 e. The molecule has 0 aliphatic carbocycles. The van der Waals surface area contributed by atoms with Crippen molar-refractivity contribution < 1.29 is 9.90 Å². The van der Waals surface area contributed by atoms with E-state index >= 15 is 0 Å². The van der Waals surface area contributed by atoms with E-state index < -0.39 is 0 Å². The standard InChI is InChI=1S/C15H13BrClNO2/c16-12(10-4-2-1-3-5-10)9-18-15(20)11-6-7-14(19)13(17)8-11/h1-8,12,19H,9H2,(H,18,20). The van der Waals surface area contributed by atoms with Gasteiger partial charge in [0.1, 0.15) is 5.75 Å². The molecule has 0 aliphatic heterocycles. The van der Waals surface area contributed by atoms with Gasteiger partial charge in [-0.2, -0.15) is 0 Å². The number of hydrogen-bond acceptors (Lipinski definition) is 2. The first-order chi connectivity index (χ1) is 9.58. The van der Waals surface area contributed by atoms with Crippen molar-refractivity contribution >= 4 is 33.4 Å². The Labute approximate surface area is 130 Å². The van der Waals surface area contributed by atoms with Crippen LogP contribution in [0.25, 0.3) is 0 Å². The summed E-state index contributed by atoms with van der Waals surface area (Å²) in [6.45, 7) is 0.460. The van der Waals surface area contributed by atoms with E-state index in [1.807, 2.05) is 30.3 Å². The summed E-state index contributed by atoms with van der Waals surface area (Å²) < 4.78 is 0. The quantitative estimate of drug-likeness (QED) is 0.818. The number of nitrogens with one attached hydrogen (secondary N) is 1. The summed E-state index contributed by atoms with van der Waals surface area (Å²) in [6, 6.07) is 14.2. The molecular formula is C15H13BrClNO2. The minimum absolute atomic E-state index is 0.0362. The number of phenols is 1. The number of carbonyl (C=O) groups is 1. The summed E-state index contributed by atoms with van der Waals surface area (Å²) in [7, 11) is 0. The maximum atomic E-state index is 12.0. The van der Waals surface area contributed by atoms with Gasteiger partial charge in [-0.15, -0.1) is 0 Å². The van der Waals surface area contributed by atoms with Gasteiger partial charge in [-0.3, -0.25) is 4.79 Å². The van der Waals surface area contributed by atoms with Gasteiger partial charge in [-0.25, -0.2) is 0 Å². The van der Waals surface area contributed by atoms with Crippen molar-refractivity contribution in [1.82, 2.24) is 5.32 Å². The van der Waals surface area contributed by atoms with E-state index in [1.54, 1.807) is 0 Å². The second-order valence-electron chi connectivity index (χ2n) is 4.25. The molecule has 2 N–H and O–H groups in total. The summed E-state index contributed by atoms with van der Waals surface area (Å²) in [6.07, 6.45) is 0. The largest absolute Gasteiger partial charge is 0.506 e. The van der Waals surface area contributed by atoms with Crippen LogP contribution in [0, 0.1) is 0 Å². The smallest absolute Gasteiger partial charge is 0.251 e. The predicted octanol–water partition coefficient (Wildman–Crippen LogP) is 3.91. The number of phenolic OH excluding ortho intramolecular Hbond substituents is 1. The molecule has 5 heteroatoms. The molecule has 20 heavy (non-hydrogen) atoms. The van der Waals surface area contributed by atoms with Gasteiger partial charge >= 0.3 is 0 Å². The van der Waals surface area contributed by atoms with Crippen molar-refractivity contribution in [2.75, 3.05) is 6.54 Å². The monoisotopic (exact) mass is 353 g/mol. The van der Waals surface area contributed by atoms with Gasteiger partial charge in [0.2, 0.25) is 0 Å². The van der Waals surface area contributed by atoms with E-state index in [1.165, 1.54) is 18.2 Å². The summed E-state index contributed by atoms with van der Waals surface area (Å²) in [5.74, 6) is -0.266. The molecular weight excluding hydrogens is 342 g/mol. The number of hydrogen-bond donors (Lipinski definition) is 2. The van der Waals surface area contributed by atoms with Gasteiger partial charge in [0.15, 0.2) is 0 Å². The molecule has 0 aliphatic rings. The molecule has 2 aromatic carbocycles. The Hall–Kier alpha value is -1.52. The maximum absolute atomic E-state index is 12.0. The molecule has 2 aromatic rings. The summed E-state index contributed by atoms with van der Waals surface area (Å²) in [5.41, 5.74) is 1.51. The van der Waals surface area contributed by atoms with Crippen LogP contribution in [0.3, 0.4) is 0 Å². The lowest BCUT2D eigenvalue weighted by atomic mass is 10.1. The lowest BCUT2D eigenvalue weighted by Crippen LogP contribution is -2.26. The molecule has 0 radical (unpaired) electrons. The highest BCUT2D eigenvalue weighted by molar-refractivity contribution is 9.09. The predicted molar refractivity (Wildman–Crippen MR) is 83.6 cm³/mol. The third-order valence-corrected chi connectivity index (χ3v) is 3.97. The molecule has 0 bridgehead atoms. The number of amides is 1. The average molecular weight is 355 g/mol. The van der Waals surface area contributed by atoms with Gasteiger partial charge in [0.25, 0.3) is 5.91 Å². The highest BCUT2D eigenvalue weighted by Gasteiger charge is 2.11. The first kappa shape index (κ1) is 14.9. The van der Waals surface area contributed by atoms with E-state index in [4.69, 9.17) is 11.6 Å². The van der Waals surface area contributed by atoms with Crippen LogP contribution in [0.1, 0.15) is 20.7 Å². The number of halogens is 2. The van der Waals surface area contributed by atoms with E-state index in [2.05, 4.69) is 21.2 Å². The molecule has 0 spiro atoms. The van der Waals surface area contributed by atoms with Gasteiger partial charge in [-0.05, 0) is 23.8 Å². The van der Waals surface area contributed by atoms with Crippen LogP contribution in [-0.4, -0.2) is 17.6 Å². The first-order valence-corrected chi connectivity index (χ1v) is 7.33. The first-order valence-electron chi connectivity index (χ1n) is 6.03. The highest BCUT2D eigenvalue weighted by Crippen LogP contribution is 2.24. The lowest BCUT2D eigenvalue weighted by molar-refractivity contribution is 0.0954. The number of carbonyl (C=O) groups excluding carboxylic acids is 1. The second kappa shape index (κ2) is 6.77. The number of alkyl halides is 1. The Balaban J connectivity index is 1.97. The zero-order chi connectivity index (χ0) is 14.5. The van der Waals surface area contributed by atoms with Crippen LogP contribution in [-0.2, 0) is 0 Å². The molecule has 1 atom stereocenters. The van der Waals surface area contributed by atoms with Crippen LogP contribution in [0.4, 0.5) is 0 Å². The fraction of sp³-hybridized carbons (Fsp3) is 0.133. The van der Waals surface area contributed by atoms with Crippen molar-refractivity contribution in [3.8, 4) is 5.75 Å². The lowest BCUT2D eigenvalue weighted by Gasteiger charge is -2.12. The zero-order valence-electron chi connectivity index (χ0n) is 10.5. The van der Waals surface area contributed by atoms with Crippen LogP contribution in [0.15, 0.2) is 48.5 Å². The average Bonchev–Trinajstić information content (AvgIpc) is 2.48. The Bertz CT molecular complexity index is 604. The molecule has 0 saturated heterocycles. The van der Waals surface area contributed by atoms with E-state index in [-0.39, 0.29) is 21.5 Å². The Morgan fingerprint density at radius 2 is 1.95 bits per heavy atom. The van der Waals surface area contributed by atoms with Crippen molar-refractivity contribution in [2.24, 2.45) is 0 Å². The van der Waals surface area contributed by atoms with Gasteiger partial charge in [-0.1, -0.05) is 57.9 Å². The Morgan fingerprint density at radius 1 is 1.25 bits per heavy atom. The fourth-order valence-corrected chi connectivity index (χ4v) is 2.36. The minimum Gasteiger partial charge on any atom is -0.506 e. The van der Waals surface area contributed by atoms with Crippen molar-refractivity contribution in [2.45, 2.75) is 4.83 Å². The van der Waals surface area contributed by atoms with Crippen molar-refractivity contribution in [3.63, 3.8) is 0 Å². The fourth-order valence-electron chi connectivity index (χ4n) is 1.71. The third kappa shape index (κ3) is 3.74. The zero-order valence-corrected chi connectivity index (χ0v) is 12.9. The van der Waals surface area contributed by atoms with E-state index in [0.717, 1.165) is 5.56 Å². The van der Waals surface area contributed by atoms with Crippen molar-refractivity contribution in [1.29, 1.82) is 0 Å². The number of rotatable bonds is 4. The van der Waals surface area contributed by atoms with E-state index in [9.17, 15) is 9.90 Å². The van der Waals surface area contributed by atoms with Crippen molar-refractivity contribution in [3.05, 3.63) is 64.7 Å². The van der Waals surface area contributed by atoms with Crippen LogP contribution < -0.4 is 5.32 Å². The molecule has 1 unspecified atom stereocenters. The van der Waals surface area contributed by atoms with Gasteiger partial charge < -0.3 is 10.4 Å². The molecule has 0 aromatic heterocycles. The Morgan fingerprint density at radius 3 is 2.60 bits per heavy atom. The van der Waals surface area contributed by atoms with Crippen LogP contribution >= 0.6 is 27.5 Å². The normalized spacial score (nSPS) is 11.9. The number of aromatic hydroxyl groups is 1. The van der Waals surface area contributed by atoms with Gasteiger partial charge in [0, 0.05) is 12.1 Å². The van der Waals surface area contributed by atoms with Crippen LogP contribution in [0.5, 0.6) is 5.75 Å². The molecule has 1 amide bonds. The summed E-state index contributed by atoms with van der Waals surface area (Å²) >= 11 is 9.31. The Kier molecular flexibility index (Phi) is 5.04.